The van der Waals surface area contributed by atoms with Gasteiger partial charge in [-0.1, -0.05) is 31.9 Å². The summed E-state index contributed by atoms with van der Waals surface area (Å²) >= 11 is 0. The van der Waals surface area contributed by atoms with Crippen LogP contribution in [0.5, 0.6) is 0 Å². The van der Waals surface area contributed by atoms with Crippen LogP contribution in [0.15, 0.2) is 48.8 Å². The largest absolute Gasteiger partial charge is 0.339 e. The van der Waals surface area contributed by atoms with Crippen LogP contribution in [0, 0.1) is 0 Å². The number of carbonyl (C=O) groups excluding carboxylic acids is 2. The van der Waals surface area contributed by atoms with E-state index >= 15 is 0 Å². The maximum atomic E-state index is 12.8. The van der Waals surface area contributed by atoms with Crippen LogP contribution in [-0.4, -0.2) is 34.9 Å². The van der Waals surface area contributed by atoms with Crippen molar-refractivity contribution in [2.45, 2.75) is 45.1 Å². The highest BCUT2D eigenvalue weighted by Crippen LogP contribution is 2.18. The highest BCUT2D eigenvalue weighted by atomic mass is 16.2. The molecule has 2 N–H and O–H groups in total. The second kappa shape index (κ2) is 9.88. The Hall–Kier alpha value is -2.89. The first-order chi connectivity index (χ1) is 13.7. The summed E-state index contributed by atoms with van der Waals surface area (Å²) in [6.07, 6.45) is 8.70. The van der Waals surface area contributed by atoms with Gasteiger partial charge in [0.05, 0.1) is 6.04 Å². The summed E-state index contributed by atoms with van der Waals surface area (Å²) in [5, 5.41) is 5.81. The Morgan fingerprint density at radius 2 is 1.89 bits per heavy atom. The maximum absolute atomic E-state index is 12.8. The number of hydrogen-bond acceptors (Lipinski definition) is 3. The van der Waals surface area contributed by atoms with Gasteiger partial charge in [-0.05, 0) is 49.1 Å². The molecular formula is C22H28N4O2. The molecule has 28 heavy (non-hydrogen) atoms. The van der Waals surface area contributed by atoms with Crippen LogP contribution in [0.3, 0.4) is 0 Å². The van der Waals surface area contributed by atoms with E-state index in [0.717, 1.165) is 37.9 Å². The molecule has 0 saturated carbocycles. The normalized spacial score (nSPS) is 15.4. The molecule has 1 aliphatic rings. The zero-order chi connectivity index (χ0) is 19.8. The summed E-state index contributed by atoms with van der Waals surface area (Å²) in [5.74, 6) is 0.0350. The zero-order valence-electron chi connectivity index (χ0n) is 16.4. The fourth-order valence-electron chi connectivity index (χ4n) is 3.51. The van der Waals surface area contributed by atoms with E-state index in [1.54, 1.807) is 36.7 Å². The molecule has 6 heteroatoms. The quantitative estimate of drug-likeness (QED) is 0.809. The van der Waals surface area contributed by atoms with E-state index in [1.807, 2.05) is 24.0 Å². The Balaban J connectivity index is 1.63. The molecule has 2 aromatic rings. The number of amides is 3. The highest BCUT2D eigenvalue weighted by molar-refractivity contribution is 5.97. The zero-order valence-corrected chi connectivity index (χ0v) is 16.4. The van der Waals surface area contributed by atoms with Gasteiger partial charge in [-0.15, -0.1) is 0 Å². The van der Waals surface area contributed by atoms with Gasteiger partial charge in [0, 0.05) is 36.7 Å². The van der Waals surface area contributed by atoms with Crippen molar-refractivity contribution < 1.29 is 9.59 Å². The van der Waals surface area contributed by atoms with Gasteiger partial charge in [0.15, 0.2) is 0 Å². The van der Waals surface area contributed by atoms with Gasteiger partial charge in [0.2, 0.25) is 0 Å². The summed E-state index contributed by atoms with van der Waals surface area (Å²) < 4.78 is 0. The van der Waals surface area contributed by atoms with Gasteiger partial charge >= 0.3 is 6.03 Å². The monoisotopic (exact) mass is 380 g/mol. The smallest absolute Gasteiger partial charge is 0.319 e. The Morgan fingerprint density at radius 1 is 1.11 bits per heavy atom. The lowest BCUT2D eigenvalue weighted by Gasteiger charge is -2.21. The number of anilines is 1. The Morgan fingerprint density at radius 3 is 2.57 bits per heavy atom. The summed E-state index contributed by atoms with van der Waals surface area (Å²) in [6, 6.07) is 10.5. The van der Waals surface area contributed by atoms with Gasteiger partial charge in [-0.2, -0.15) is 0 Å². The van der Waals surface area contributed by atoms with Gasteiger partial charge in [0.1, 0.15) is 0 Å². The molecule has 0 unspecified atom stereocenters. The van der Waals surface area contributed by atoms with E-state index in [2.05, 4.69) is 15.6 Å². The number of hydrogen-bond donors (Lipinski definition) is 2. The molecule has 2 heterocycles. The first-order valence-corrected chi connectivity index (χ1v) is 10.0. The van der Waals surface area contributed by atoms with Crippen LogP contribution in [-0.2, 0) is 0 Å². The minimum atomic E-state index is -0.296. The number of benzene rings is 1. The van der Waals surface area contributed by atoms with Crippen LogP contribution in [0.1, 0.15) is 61.0 Å². The molecule has 1 aromatic carbocycles. The number of carbonyl (C=O) groups is 2. The van der Waals surface area contributed by atoms with E-state index in [4.69, 9.17) is 0 Å². The summed E-state index contributed by atoms with van der Waals surface area (Å²) in [5.41, 5.74) is 2.18. The van der Waals surface area contributed by atoms with Crippen molar-refractivity contribution in [3.63, 3.8) is 0 Å². The number of rotatable bonds is 5. The Labute approximate surface area is 166 Å². The van der Waals surface area contributed by atoms with E-state index < -0.39 is 0 Å². The molecule has 1 aromatic heterocycles. The van der Waals surface area contributed by atoms with Crippen LogP contribution in [0.25, 0.3) is 0 Å². The number of nitrogens with zero attached hydrogens (tertiary/aromatic N) is 2. The van der Waals surface area contributed by atoms with Crippen molar-refractivity contribution in [3.05, 3.63) is 59.9 Å². The van der Waals surface area contributed by atoms with Crippen molar-refractivity contribution in [1.82, 2.24) is 15.2 Å². The van der Waals surface area contributed by atoms with Crippen molar-refractivity contribution in [1.29, 1.82) is 0 Å². The maximum Gasteiger partial charge on any atom is 0.319 e. The second-order valence-electron chi connectivity index (χ2n) is 7.13. The fourth-order valence-corrected chi connectivity index (χ4v) is 3.51. The molecule has 0 radical (unpaired) electrons. The third-order valence-electron chi connectivity index (χ3n) is 5.06. The van der Waals surface area contributed by atoms with Crippen LogP contribution >= 0.6 is 0 Å². The van der Waals surface area contributed by atoms with E-state index in [1.165, 1.54) is 12.8 Å². The van der Waals surface area contributed by atoms with Crippen LogP contribution in [0.4, 0.5) is 10.5 Å². The topological polar surface area (TPSA) is 74.3 Å². The molecule has 1 fully saturated rings. The lowest BCUT2D eigenvalue weighted by molar-refractivity contribution is 0.0761. The van der Waals surface area contributed by atoms with Crippen LogP contribution < -0.4 is 10.6 Å². The van der Waals surface area contributed by atoms with E-state index in [9.17, 15) is 9.59 Å². The molecule has 1 atom stereocenters. The molecule has 148 valence electrons. The Kier molecular flexibility index (Phi) is 7.00. The minimum absolute atomic E-state index is 0.0350. The number of likely N-dealkylation sites (tertiary alicyclic amines) is 1. The molecule has 0 aliphatic carbocycles. The third-order valence-corrected chi connectivity index (χ3v) is 5.06. The number of aromatic nitrogens is 1. The molecule has 3 amide bonds. The van der Waals surface area contributed by atoms with Crippen LogP contribution in [0.2, 0.25) is 0 Å². The first-order valence-electron chi connectivity index (χ1n) is 10.0. The first kappa shape index (κ1) is 19.9. The van der Waals surface area contributed by atoms with E-state index in [-0.39, 0.29) is 18.0 Å². The molecule has 6 nitrogen and oxygen atoms in total. The average Bonchev–Trinajstić information content (AvgIpc) is 3.02. The fraction of sp³-hybridized carbons (Fsp3) is 0.409. The number of urea groups is 1. The van der Waals surface area contributed by atoms with Crippen molar-refractivity contribution in [3.8, 4) is 0 Å². The van der Waals surface area contributed by atoms with Gasteiger partial charge in [0.25, 0.3) is 5.91 Å². The minimum Gasteiger partial charge on any atom is -0.339 e. The molecule has 0 spiro atoms. The van der Waals surface area contributed by atoms with Crippen molar-refractivity contribution in [2.24, 2.45) is 0 Å². The predicted octanol–water partition coefficient (Wildman–Crippen LogP) is 4.37. The molecular weight excluding hydrogens is 352 g/mol. The molecule has 0 bridgehead atoms. The lowest BCUT2D eigenvalue weighted by Crippen LogP contribution is -2.33. The van der Waals surface area contributed by atoms with E-state index in [0.29, 0.717) is 11.3 Å². The standard InChI is InChI=1S/C22H28N4O2/c1-2-20(18-10-8-12-23-16-18)25-22(28)24-19-11-7-9-17(15-19)21(27)26-13-5-3-4-6-14-26/h7-12,15-16,20H,2-6,13-14H2,1H3,(H2,24,25,28)/t20-/m0/s1. The highest BCUT2D eigenvalue weighted by Gasteiger charge is 2.18. The van der Waals surface area contributed by atoms with Gasteiger partial charge in [-0.25, -0.2) is 4.79 Å². The summed E-state index contributed by atoms with van der Waals surface area (Å²) in [6.45, 7) is 3.62. The predicted molar refractivity (Wildman–Crippen MR) is 110 cm³/mol. The molecule has 3 rings (SSSR count). The number of nitrogens with one attached hydrogen (secondary N) is 2. The summed E-state index contributed by atoms with van der Waals surface area (Å²) in [4.78, 5) is 31.3. The third kappa shape index (κ3) is 5.31. The summed E-state index contributed by atoms with van der Waals surface area (Å²) in [7, 11) is 0. The Bertz CT molecular complexity index is 786. The average molecular weight is 380 g/mol. The van der Waals surface area contributed by atoms with Crippen molar-refractivity contribution in [2.75, 3.05) is 18.4 Å². The van der Waals surface area contributed by atoms with Gasteiger partial charge in [-0.3, -0.25) is 9.78 Å². The molecule has 1 aliphatic heterocycles. The number of pyridine rings is 1. The SMILES string of the molecule is CC[C@H](NC(=O)Nc1cccc(C(=O)N2CCCCCC2)c1)c1cccnc1. The van der Waals surface area contributed by atoms with Crippen molar-refractivity contribution >= 4 is 17.6 Å². The van der Waals surface area contributed by atoms with Gasteiger partial charge < -0.3 is 15.5 Å². The lowest BCUT2D eigenvalue weighted by atomic mass is 10.1. The second-order valence-corrected chi connectivity index (χ2v) is 7.13. The molecule has 1 saturated heterocycles.